The van der Waals surface area contributed by atoms with E-state index in [-0.39, 0.29) is 42.3 Å². The number of halogens is 1. The molecular formula is C13H12ClNO6. The number of rotatable bonds is 4. The Morgan fingerprint density at radius 1 is 1.52 bits per heavy atom. The highest BCUT2D eigenvalue weighted by atomic mass is 35.5. The van der Waals surface area contributed by atoms with Crippen LogP contribution in [0.1, 0.15) is 12.0 Å². The molecule has 0 aliphatic carbocycles. The quantitative estimate of drug-likeness (QED) is 0.516. The second-order valence-corrected chi connectivity index (χ2v) is 5.26. The van der Waals surface area contributed by atoms with Gasteiger partial charge in [0.15, 0.2) is 11.2 Å². The van der Waals surface area contributed by atoms with E-state index in [0.29, 0.717) is 0 Å². The van der Waals surface area contributed by atoms with E-state index < -0.39 is 22.1 Å². The highest BCUT2D eigenvalue weighted by Crippen LogP contribution is 2.34. The van der Waals surface area contributed by atoms with Crippen LogP contribution in [0.4, 0.5) is 5.69 Å². The van der Waals surface area contributed by atoms with Crippen molar-refractivity contribution in [3.8, 4) is 0 Å². The van der Waals surface area contributed by atoms with Gasteiger partial charge in [-0.25, -0.2) is 0 Å². The Morgan fingerprint density at radius 3 is 2.81 bits per heavy atom. The van der Waals surface area contributed by atoms with Gasteiger partial charge >= 0.3 is 5.97 Å². The number of ketones is 1. The van der Waals surface area contributed by atoms with E-state index in [9.17, 15) is 24.8 Å². The minimum Gasteiger partial charge on any atom is -0.480 e. The number of aliphatic carboxylic acids is 1. The number of ether oxygens (including phenoxy) is 1. The Hall–Kier alpha value is -1.99. The number of carbonyl (C=O) groups excluding carboxylic acids is 1. The number of benzene rings is 1. The zero-order valence-corrected chi connectivity index (χ0v) is 11.6. The van der Waals surface area contributed by atoms with Gasteiger partial charge in [-0.1, -0.05) is 11.6 Å². The third kappa shape index (κ3) is 2.88. The molecule has 0 amide bonds. The fourth-order valence-electron chi connectivity index (χ4n) is 2.34. The zero-order chi connectivity index (χ0) is 15.6. The van der Waals surface area contributed by atoms with Crippen molar-refractivity contribution in [1.29, 1.82) is 0 Å². The lowest BCUT2D eigenvalue weighted by molar-refractivity contribution is -0.385. The number of carbonyl (C=O) groups is 2. The molecule has 112 valence electrons. The third-order valence-corrected chi connectivity index (χ3v) is 3.73. The predicted octanol–water partition coefficient (Wildman–Crippen LogP) is 1.85. The first-order valence-corrected chi connectivity index (χ1v) is 6.52. The van der Waals surface area contributed by atoms with E-state index in [2.05, 4.69) is 0 Å². The minimum absolute atomic E-state index is 0.0271. The van der Waals surface area contributed by atoms with E-state index in [0.717, 1.165) is 0 Å². The van der Waals surface area contributed by atoms with Crippen LogP contribution < -0.4 is 0 Å². The van der Waals surface area contributed by atoms with Gasteiger partial charge in [0.1, 0.15) is 0 Å². The lowest BCUT2D eigenvalue weighted by atomic mass is 9.76. The van der Waals surface area contributed by atoms with Crippen LogP contribution in [0.3, 0.4) is 0 Å². The summed E-state index contributed by atoms with van der Waals surface area (Å²) in [6.07, 6.45) is -0.349. The van der Waals surface area contributed by atoms with Crippen molar-refractivity contribution in [2.24, 2.45) is 5.41 Å². The molecule has 1 heterocycles. The van der Waals surface area contributed by atoms with E-state index in [1.807, 2.05) is 0 Å². The molecule has 1 aliphatic rings. The number of hydrogen-bond donors (Lipinski definition) is 1. The number of Topliss-reactive ketones (excluding diaryl/α,β-unsaturated/α-hetero) is 1. The molecule has 0 aromatic heterocycles. The highest BCUT2D eigenvalue weighted by molar-refractivity contribution is 6.30. The topological polar surface area (TPSA) is 107 Å². The molecule has 0 saturated carbocycles. The average molecular weight is 314 g/mol. The van der Waals surface area contributed by atoms with Crippen LogP contribution in [0.2, 0.25) is 5.02 Å². The molecule has 1 aromatic carbocycles. The smallest absolute Gasteiger partial charge is 0.319 e. The summed E-state index contributed by atoms with van der Waals surface area (Å²) in [6.45, 7) is -0.143. The zero-order valence-electron chi connectivity index (χ0n) is 10.9. The monoisotopic (exact) mass is 313 g/mol. The highest BCUT2D eigenvalue weighted by Gasteiger charge is 2.49. The number of hydrogen-bond acceptors (Lipinski definition) is 5. The molecule has 1 fully saturated rings. The lowest BCUT2D eigenvalue weighted by Gasteiger charge is -2.31. The van der Waals surface area contributed by atoms with Gasteiger partial charge in [0.2, 0.25) is 0 Å². The first-order valence-electron chi connectivity index (χ1n) is 6.14. The van der Waals surface area contributed by atoms with Gasteiger partial charge in [0, 0.05) is 29.5 Å². The van der Waals surface area contributed by atoms with Crippen LogP contribution in [0, 0.1) is 15.5 Å². The molecule has 8 heteroatoms. The van der Waals surface area contributed by atoms with E-state index >= 15 is 0 Å². The predicted molar refractivity (Wildman–Crippen MR) is 72.3 cm³/mol. The molecule has 2 rings (SSSR count). The SMILES string of the molecule is O=C(O)C1(Cc2cc(Cl)ccc2[N+](=O)[O-])COCCC1=O. The van der Waals surface area contributed by atoms with Gasteiger partial charge in [-0.05, 0) is 12.1 Å². The Kier molecular flexibility index (Phi) is 4.24. The van der Waals surface area contributed by atoms with Crippen molar-refractivity contribution in [2.45, 2.75) is 12.8 Å². The first kappa shape index (κ1) is 15.4. The van der Waals surface area contributed by atoms with Crippen molar-refractivity contribution >= 4 is 29.0 Å². The fraction of sp³-hybridized carbons (Fsp3) is 0.385. The summed E-state index contributed by atoms with van der Waals surface area (Å²) in [7, 11) is 0. The lowest BCUT2D eigenvalue weighted by Crippen LogP contribution is -2.48. The second kappa shape index (κ2) is 5.79. The Bertz CT molecular complexity index is 617. The molecule has 1 saturated heterocycles. The summed E-state index contributed by atoms with van der Waals surface area (Å²) in [5.74, 6) is -1.84. The van der Waals surface area contributed by atoms with Crippen molar-refractivity contribution in [3.05, 3.63) is 38.9 Å². The normalized spacial score (nSPS) is 22.0. The van der Waals surface area contributed by atoms with Crippen molar-refractivity contribution in [1.82, 2.24) is 0 Å². The van der Waals surface area contributed by atoms with Crippen molar-refractivity contribution < 1.29 is 24.4 Å². The van der Waals surface area contributed by atoms with Crippen LogP contribution in [0.25, 0.3) is 0 Å². The molecule has 0 radical (unpaired) electrons. The minimum atomic E-state index is -1.80. The average Bonchev–Trinajstić information content (AvgIpc) is 2.41. The molecule has 1 atom stereocenters. The number of nitro benzene ring substituents is 1. The van der Waals surface area contributed by atoms with Gasteiger partial charge in [0.05, 0.1) is 18.1 Å². The third-order valence-electron chi connectivity index (χ3n) is 3.50. The molecule has 1 unspecified atom stereocenters. The first-order chi connectivity index (χ1) is 9.86. The summed E-state index contributed by atoms with van der Waals surface area (Å²) in [4.78, 5) is 34.0. The van der Waals surface area contributed by atoms with E-state index in [1.165, 1.54) is 18.2 Å². The number of carboxylic acids is 1. The second-order valence-electron chi connectivity index (χ2n) is 4.82. The van der Waals surface area contributed by atoms with Gasteiger partial charge in [-0.3, -0.25) is 19.7 Å². The maximum Gasteiger partial charge on any atom is 0.319 e. The van der Waals surface area contributed by atoms with Gasteiger partial charge in [-0.2, -0.15) is 0 Å². The number of nitrogens with zero attached hydrogens (tertiary/aromatic N) is 1. The molecule has 1 N–H and O–H groups in total. The molecular weight excluding hydrogens is 302 g/mol. The largest absolute Gasteiger partial charge is 0.480 e. The standard InChI is InChI=1S/C13H12ClNO6/c14-9-1-2-10(15(19)20)8(5-9)6-13(12(17)18)7-21-4-3-11(13)16/h1-2,5H,3-4,6-7H2,(H,17,18). The van der Waals surface area contributed by atoms with Crippen LogP contribution in [0.5, 0.6) is 0 Å². The van der Waals surface area contributed by atoms with Gasteiger partial charge in [-0.15, -0.1) is 0 Å². The maximum absolute atomic E-state index is 12.1. The van der Waals surface area contributed by atoms with Crippen LogP contribution in [-0.4, -0.2) is 35.0 Å². The molecule has 0 bridgehead atoms. The van der Waals surface area contributed by atoms with Gasteiger partial charge < -0.3 is 9.84 Å². The Morgan fingerprint density at radius 2 is 2.24 bits per heavy atom. The molecule has 21 heavy (non-hydrogen) atoms. The molecule has 0 spiro atoms. The van der Waals surface area contributed by atoms with Crippen molar-refractivity contribution in [2.75, 3.05) is 13.2 Å². The summed E-state index contributed by atoms with van der Waals surface area (Å²) in [5.41, 5.74) is -1.96. The number of carboxylic acid groups (broad SMARTS) is 1. The summed E-state index contributed by atoms with van der Waals surface area (Å²) < 4.78 is 5.12. The Labute approximate surface area is 124 Å². The maximum atomic E-state index is 12.1. The molecule has 1 aromatic rings. The van der Waals surface area contributed by atoms with Crippen LogP contribution >= 0.6 is 11.6 Å². The van der Waals surface area contributed by atoms with Gasteiger partial charge in [0.25, 0.3) is 5.69 Å². The molecule has 7 nitrogen and oxygen atoms in total. The van der Waals surface area contributed by atoms with Crippen LogP contribution in [-0.2, 0) is 20.7 Å². The summed E-state index contributed by atoms with van der Waals surface area (Å²) >= 11 is 5.81. The van der Waals surface area contributed by atoms with Crippen molar-refractivity contribution in [3.63, 3.8) is 0 Å². The molecule has 1 aliphatic heterocycles. The van der Waals surface area contributed by atoms with Crippen LogP contribution in [0.15, 0.2) is 18.2 Å². The fourth-order valence-corrected chi connectivity index (χ4v) is 2.53. The van der Waals surface area contributed by atoms with E-state index in [1.54, 1.807) is 0 Å². The summed E-state index contributed by atoms with van der Waals surface area (Å²) in [5, 5.41) is 20.7. The Balaban J connectivity index is 2.47. The number of nitro groups is 1. The van der Waals surface area contributed by atoms with E-state index in [4.69, 9.17) is 16.3 Å². The summed E-state index contributed by atoms with van der Waals surface area (Å²) in [6, 6.07) is 3.85.